The molecule has 1 unspecified atom stereocenters. The number of phenols is 1. The van der Waals surface area contributed by atoms with Gasteiger partial charge in [0.05, 0.1) is 11.7 Å². The first-order chi connectivity index (χ1) is 9.08. The Morgan fingerprint density at radius 2 is 2.32 bits per heavy atom. The number of carbonyl (C=O) groups excluding carboxylic acids is 1. The van der Waals surface area contributed by atoms with Gasteiger partial charge >= 0.3 is 0 Å². The summed E-state index contributed by atoms with van der Waals surface area (Å²) in [5.41, 5.74) is -0.0314. The van der Waals surface area contributed by atoms with E-state index in [2.05, 4.69) is 0 Å². The molecule has 0 saturated carbocycles. The van der Waals surface area contributed by atoms with Crippen LogP contribution in [0.1, 0.15) is 29.6 Å². The normalized spacial score (nSPS) is 19.2. The van der Waals surface area contributed by atoms with Gasteiger partial charge in [-0.1, -0.05) is 0 Å². The summed E-state index contributed by atoms with van der Waals surface area (Å²) in [6.07, 6.45) is 3.11. The molecule has 0 bridgehead atoms. The summed E-state index contributed by atoms with van der Waals surface area (Å²) >= 11 is 0. The zero-order valence-electron chi connectivity index (χ0n) is 10.9. The number of carbonyl (C=O) groups is 1. The molecule has 1 amide bonds. The lowest BCUT2D eigenvalue weighted by molar-refractivity contribution is -0.000272. The third-order valence-corrected chi connectivity index (χ3v) is 3.28. The highest BCUT2D eigenvalue weighted by atomic mass is 19.1. The van der Waals surface area contributed by atoms with E-state index in [1.165, 1.54) is 17.0 Å². The van der Waals surface area contributed by atoms with Crippen LogP contribution < -0.4 is 0 Å². The summed E-state index contributed by atoms with van der Waals surface area (Å²) in [6.45, 7) is 1.18. The van der Waals surface area contributed by atoms with Crippen molar-refractivity contribution in [3.8, 4) is 5.75 Å². The number of amides is 1. The van der Waals surface area contributed by atoms with Crippen LogP contribution in [0, 0.1) is 5.82 Å². The molecule has 1 fully saturated rings. The number of ether oxygens (including phenoxy) is 1. The van der Waals surface area contributed by atoms with E-state index in [1.807, 2.05) is 0 Å². The molecule has 1 atom stereocenters. The van der Waals surface area contributed by atoms with E-state index >= 15 is 0 Å². The van der Waals surface area contributed by atoms with Gasteiger partial charge in [0.25, 0.3) is 5.91 Å². The van der Waals surface area contributed by atoms with Crippen LogP contribution in [-0.2, 0) is 4.74 Å². The van der Waals surface area contributed by atoms with Crippen LogP contribution >= 0.6 is 0 Å². The first kappa shape index (κ1) is 13.8. The second kappa shape index (κ2) is 6.02. The van der Waals surface area contributed by atoms with Gasteiger partial charge in [-0.05, 0) is 31.4 Å². The molecule has 0 aliphatic carbocycles. The van der Waals surface area contributed by atoms with Crippen LogP contribution in [-0.4, -0.2) is 42.2 Å². The van der Waals surface area contributed by atoms with Crippen molar-refractivity contribution in [2.75, 3.05) is 20.2 Å². The minimum Gasteiger partial charge on any atom is -0.508 e. The smallest absolute Gasteiger partial charge is 0.256 e. The predicted octanol–water partition coefficient (Wildman–Crippen LogP) is 2.17. The second-order valence-corrected chi connectivity index (χ2v) is 4.84. The van der Waals surface area contributed by atoms with Crippen LogP contribution in [0.2, 0.25) is 0 Å². The lowest BCUT2D eigenvalue weighted by atomic mass is 10.1. The Hall–Kier alpha value is -1.62. The highest BCUT2D eigenvalue weighted by molar-refractivity contribution is 5.94. The molecule has 0 radical (unpaired) electrons. The minimum absolute atomic E-state index is 0.0304. The first-order valence-electron chi connectivity index (χ1n) is 6.43. The molecule has 1 heterocycles. The van der Waals surface area contributed by atoms with Gasteiger partial charge in [-0.3, -0.25) is 4.79 Å². The van der Waals surface area contributed by atoms with Crippen molar-refractivity contribution in [1.82, 2.24) is 4.90 Å². The van der Waals surface area contributed by atoms with Gasteiger partial charge in [-0.25, -0.2) is 4.39 Å². The molecule has 1 saturated heterocycles. The molecule has 19 heavy (non-hydrogen) atoms. The quantitative estimate of drug-likeness (QED) is 0.913. The maximum absolute atomic E-state index is 13.6. The van der Waals surface area contributed by atoms with E-state index in [9.17, 15) is 9.18 Å². The summed E-state index contributed by atoms with van der Waals surface area (Å²) in [5, 5.41) is 9.13. The molecule has 1 aliphatic heterocycles. The van der Waals surface area contributed by atoms with E-state index in [0.29, 0.717) is 6.54 Å². The van der Waals surface area contributed by atoms with E-state index in [0.717, 1.165) is 31.9 Å². The van der Waals surface area contributed by atoms with Crippen LogP contribution in [0.3, 0.4) is 0 Å². The van der Waals surface area contributed by atoms with Crippen molar-refractivity contribution in [2.24, 2.45) is 0 Å². The molecule has 0 spiro atoms. The molecule has 1 aromatic carbocycles. The van der Waals surface area contributed by atoms with E-state index in [1.54, 1.807) is 7.05 Å². The van der Waals surface area contributed by atoms with E-state index in [-0.39, 0.29) is 17.4 Å². The van der Waals surface area contributed by atoms with Crippen LogP contribution in [0.4, 0.5) is 4.39 Å². The molecule has 4 nitrogen and oxygen atoms in total. The maximum Gasteiger partial charge on any atom is 0.256 e. The molecule has 1 aliphatic rings. The zero-order valence-corrected chi connectivity index (χ0v) is 10.9. The Morgan fingerprint density at radius 1 is 1.53 bits per heavy atom. The zero-order chi connectivity index (χ0) is 13.8. The van der Waals surface area contributed by atoms with Crippen molar-refractivity contribution in [3.63, 3.8) is 0 Å². The van der Waals surface area contributed by atoms with Crippen molar-refractivity contribution in [1.29, 1.82) is 0 Å². The Morgan fingerprint density at radius 3 is 2.95 bits per heavy atom. The molecular weight excluding hydrogens is 249 g/mol. The Labute approximate surface area is 111 Å². The number of rotatable bonds is 3. The van der Waals surface area contributed by atoms with Gasteiger partial charge in [0.15, 0.2) is 0 Å². The molecule has 1 N–H and O–H groups in total. The summed E-state index contributed by atoms with van der Waals surface area (Å²) in [6, 6.07) is 3.55. The van der Waals surface area contributed by atoms with Crippen molar-refractivity contribution in [3.05, 3.63) is 29.6 Å². The van der Waals surface area contributed by atoms with E-state index in [4.69, 9.17) is 9.84 Å². The predicted molar refractivity (Wildman–Crippen MR) is 68.6 cm³/mol. The number of benzene rings is 1. The highest BCUT2D eigenvalue weighted by Gasteiger charge is 2.21. The van der Waals surface area contributed by atoms with Gasteiger partial charge in [-0.15, -0.1) is 0 Å². The minimum atomic E-state index is -0.707. The topological polar surface area (TPSA) is 49.8 Å². The van der Waals surface area contributed by atoms with Gasteiger partial charge in [0.2, 0.25) is 0 Å². The summed E-state index contributed by atoms with van der Waals surface area (Å²) < 4.78 is 19.2. The standard InChI is InChI=1S/C14H18FNO3/c1-16(9-11-4-2-3-7-19-11)14(18)12-6-5-10(17)8-13(12)15/h5-6,8,11,17H,2-4,7,9H2,1H3. The number of aromatic hydroxyl groups is 1. The molecule has 5 heteroatoms. The van der Waals surface area contributed by atoms with Crippen molar-refractivity contribution >= 4 is 5.91 Å². The largest absolute Gasteiger partial charge is 0.508 e. The first-order valence-corrected chi connectivity index (χ1v) is 6.43. The molecule has 104 valence electrons. The average molecular weight is 267 g/mol. The number of halogens is 1. The van der Waals surface area contributed by atoms with Crippen LogP contribution in [0.25, 0.3) is 0 Å². The lowest BCUT2D eigenvalue weighted by Crippen LogP contribution is -2.37. The Kier molecular flexibility index (Phi) is 4.37. The summed E-state index contributed by atoms with van der Waals surface area (Å²) in [5.74, 6) is -1.29. The molecule has 1 aromatic rings. The number of phenolic OH excluding ortho intramolecular Hbond substituents is 1. The Bertz CT molecular complexity index is 458. The van der Waals surface area contributed by atoms with Crippen molar-refractivity contribution < 1.29 is 19.0 Å². The lowest BCUT2D eigenvalue weighted by Gasteiger charge is -2.27. The van der Waals surface area contributed by atoms with Crippen molar-refractivity contribution in [2.45, 2.75) is 25.4 Å². The third kappa shape index (κ3) is 3.44. The molecule has 0 aromatic heterocycles. The monoisotopic (exact) mass is 267 g/mol. The Balaban J connectivity index is 2.01. The summed E-state index contributed by atoms with van der Waals surface area (Å²) in [4.78, 5) is 13.6. The number of hydrogen-bond acceptors (Lipinski definition) is 3. The number of nitrogens with zero attached hydrogens (tertiary/aromatic N) is 1. The van der Waals surface area contributed by atoms with Crippen LogP contribution in [0.5, 0.6) is 5.75 Å². The second-order valence-electron chi connectivity index (χ2n) is 4.84. The average Bonchev–Trinajstić information content (AvgIpc) is 2.39. The van der Waals surface area contributed by atoms with E-state index < -0.39 is 11.7 Å². The highest BCUT2D eigenvalue weighted by Crippen LogP contribution is 2.18. The summed E-state index contributed by atoms with van der Waals surface area (Å²) in [7, 11) is 1.63. The third-order valence-electron chi connectivity index (χ3n) is 3.28. The SMILES string of the molecule is CN(CC1CCCCO1)C(=O)c1ccc(O)cc1F. The number of hydrogen-bond donors (Lipinski definition) is 1. The van der Waals surface area contributed by atoms with Gasteiger partial charge in [-0.2, -0.15) is 0 Å². The number of likely N-dealkylation sites (N-methyl/N-ethyl adjacent to an activating group) is 1. The molecular formula is C14H18FNO3. The van der Waals surface area contributed by atoms with Gasteiger partial charge in [0, 0.05) is 26.3 Å². The fraction of sp³-hybridized carbons (Fsp3) is 0.500. The molecule has 2 rings (SSSR count). The van der Waals surface area contributed by atoms with Gasteiger partial charge < -0.3 is 14.7 Å². The fourth-order valence-corrected chi connectivity index (χ4v) is 2.22. The van der Waals surface area contributed by atoms with Gasteiger partial charge in [0.1, 0.15) is 11.6 Å². The maximum atomic E-state index is 13.6. The fourth-order valence-electron chi connectivity index (χ4n) is 2.22. The van der Waals surface area contributed by atoms with Crippen LogP contribution in [0.15, 0.2) is 18.2 Å².